The van der Waals surface area contributed by atoms with Crippen molar-refractivity contribution in [1.29, 1.82) is 5.26 Å². The molecule has 1 aliphatic heterocycles. The van der Waals surface area contributed by atoms with Gasteiger partial charge >= 0.3 is 0 Å². The van der Waals surface area contributed by atoms with Gasteiger partial charge in [0.1, 0.15) is 5.82 Å². The summed E-state index contributed by atoms with van der Waals surface area (Å²) >= 11 is 0. The zero-order chi connectivity index (χ0) is 12.8. The molecule has 0 spiro atoms. The van der Waals surface area contributed by atoms with Crippen molar-refractivity contribution in [3.05, 3.63) is 35.1 Å². The molecule has 1 heterocycles. The number of hydrogen-bond donors (Lipinski definition) is 1. The van der Waals surface area contributed by atoms with Crippen molar-refractivity contribution in [3.8, 4) is 6.07 Å². The van der Waals surface area contributed by atoms with E-state index >= 15 is 0 Å². The predicted molar refractivity (Wildman–Crippen MR) is 64.1 cm³/mol. The Bertz CT molecular complexity index is 513. The monoisotopic (exact) mass is 246 g/mol. The topological polar surface area (TPSA) is 47.3 Å². The van der Waals surface area contributed by atoms with E-state index in [1.54, 1.807) is 0 Å². The van der Waals surface area contributed by atoms with E-state index in [4.69, 9.17) is 5.26 Å². The molecule has 2 fully saturated rings. The molecule has 18 heavy (non-hydrogen) atoms. The van der Waals surface area contributed by atoms with Gasteiger partial charge in [-0.15, -0.1) is 0 Å². The summed E-state index contributed by atoms with van der Waals surface area (Å²) in [5, 5.41) is 19.2. The summed E-state index contributed by atoms with van der Waals surface area (Å²) in [5.74, 6) is 0.138. The normalized spacial score (nSPS) is 22.3. The SMILES string of the molecule is N#Cc1ccc(F)cc1CN1CC(O)(C2CC2)C1. The molecular weight excluding hydrogens is 231 g/mol. The molecule has 1 aromatic rings. The minimum absolute atomic E-state index is 0.318. The van der Waals surface area contributed by atoms with E-state index < -0.39 is 5.60 Å². The summed E-state index contributed by atoms with van der Waals surface area (Å²) in [6.45, 7) is 1.81. The lowest BCUT2D eigenvalue weighted by Crippen LogP contribution is -2.62. The fraction of sp³-hybridized carbons (Fsp3) is 0.500. The quantitative estimate of drug-likeness (QED) is 0.882. The van der Waals surface area contributed by atoms with Crippen molar-refractivity contribution in [3.63, 3.8) is 0 Å². The predicted octanol–water partition coefficient (Wildman–Crippen LogP) is 1.65. The van der Waals surface area contributed by atoms with Crippen LogP contribution in [0.4, 0.5) is 4.39 Å². The Kier molecular flexibility index (Phi) is 2.61. The maximum Gasteiger partial charge on any atom is 0.123 e. The summed E-state index contributed by atoms with van der Waals surface area (Å²) < 4.78 is 13.2. The fourth-order valence-electron chi connectivity index (χ4n) is 2.76. The molecule has 0 amide bonds. The van der Waals surface area contributed by atoms with Crippen LogP contribution < -0.4 is 0 Å². The van der Waals surface area contributed by atoms with Crippen LogP contribution in [0.25, 0.3) is 0 Å². The van der Waals surface area contributed by atoms with E-state index in [-0.39, 0.29) is 5.82 Å². The van der Waals surface area contributed by atoms with E-state index in [0.29, 0.717) is 36.7 Å². The van der Waals surface area contributed by atoms with Gasteiger partial charge in [0.2, 0.25) is 0 Å². The Balaban J connectivity index is 1.67. The first kappa shape index (κ1) is 11.6. The third kappa shape index (κ3) is 2.00. The zero-order valence-electron chi connectivity index (χ0n) is 10.1. The maximum atomic E-state index is 13.2. The molecule has 3 nitrogen and oxygen atoms in total. The van der Waals surface area contributed by atoms with Crippen molar-refractivity contribution in [2.45, 2.75) is 25.0 Å². The van der Waals surface area contributed by atoms with E-state index in [2.05, 4.69) is 11.0 Å². The molecule has 1 aliphatic carbocycles. The van der Waals surface area contributed by atoms with Crippen LogP contribution in [0.1, 0.15) is 24.0 Å². The summed E-state index contributed by atoms with van der Waals surface area (Å²) in [7, 11) is 0. The fourth-order valence-corrected chi connectivity index (χ4v) is 2.76. The van der Waals surface area contributed by atoms with E-state index in [0.717, 1.165) is 12.8 Å². The van der Waals surface area contributed by atoms with Crippen LogP contribution in [0.15, 0.2) is 18.2 Å². The average molecular weight is 246 g/mol. The molecule has 1 N–H and O–H groups in total. The van der Waals surface area contributed by atoms with Crippen LogP contribution in [0.3, 0.4) is 0 Å². The minimum atomic E-state index is -0.528. The van der Waals surface area contributed by atoms with Crippen LogP contribution in [0.2, 0.25) is 0 Å². The van der Waals surface area contributed by atoms with E-state index in [1.807, 2.05) is 0 Å². The number of hydrogen-bond acceptors (Lipinski definition) is 3. The van der Waals surface area contributed by atoms with Crippen molar-refractivity contribution >= 4 is 0 Å². The lowest BCUT2D eigenvalue weighted by atomic mass is 9.88. The summed E-state index contributed by atoms with van der Waals surface area (Å²) in [6, 6.07) is 6.30. The summed E-state index contributed by atoms with van der Waals surface area (Å²) in [5.41, 5.74) is 0.689. The van der Waals surface area contributed by atoms with Gasteiger partial charge in [0.15, 0.2) is 0 Å². The van der Waals surface area contributed by atoms with Gasteiger partial charge < -0.3 is 5.11 Å². The Hall–Kier alpha value is -1.44. The first-order chi connectivity index (χ1) is 8.60. The molecule has 1 saturated heterocycles. The smallest absolute Gasteiger partial charge is 0.123 e. The first-order valence-corrected chi connectivity index (χ1v) is 6.24. The van der Waals surface area contributed by atoms with Gasteiger partial charge in [0.05, 0.1) is 17.2 Å². The molecule has 94 valence electrons. The molecule has 0 bridgehead atoms. The molecule has 3 rings (SSSR count). The number of rotatable bonds is 3. The summed E-state index contributed by atoms with van der Waals surface area (Å²) in [4.78, 5) is 2.06. The van der Waals surface area contributed by atoms with Gasteiger partial charge in [-0.1, -0.05) is 0 Å². The van der Waals surface area contributed by atoms with Crippen molar-refractivity contribution in [1.82, 2.24) is 4.90 Å². The Morgan fingerprint density at radius 1 is 1.44 bits per heavy atom. The molecule has 1 aromatic carbocycles. The van der Waals surface area contributed by atoms with Crippen LogP contribution in [0.5, 0.6) is 0 Å². The van der Waals surface area contributed by atoms with Gasteiger partial charge in [0, 0.05) is 19.6 Å². The van der Waals surface area contributed by atoms with Gasteiger partial charge in [-0.05, 0) is 42.5 Å². The van der Waals surface area contributed by atoms with Crippen molar-refractivity contribution in [2.24, 2.45) is 5.92 Å². The van der Waals surface area contributed by atoms with Crippen molar-refractivity contribution < 1.29 is 9.50 Å². The molecule has 0 aromatic heterocycles. The second-order valence-electron chi connectivity index (χ2n) is 5.44. The first-order valence-electron chi connectivity index (χ1n) is 6.24. The van der Waals surface area contributed by atoms with E-state index in [1.165, 1.54) is 18.2 Å². The third-order valence-electron chi connectivity index (χ3n) is 3.91. The number of likely N-dealkylation sites (tertiary alicyclic amines) is 1. The van der Waals surface area contributed by atoms with Crippen LogP contribution in [-0.4, -0.2) is 28.7 Å². The number of nitriles is 1. The van der Waals surface area contributed by atoms with Gasteiger partial charge in [0.25, 0.3) is 0 Å². The highest BCUT2D eigenvalue weighted by atomic mass is 19.1. The van der Waals surface area contributed by atoms with Gasteiger partial charge in [-0.3, -0.25) is 4.90 Å². The second kappa shape index (κ2) is 4.04. The number of β-amino-alcohol motifs (C(OH)–C–C–N with tert-alkyl or cyclic N) is 1. The zero-order valence-corrected chi connectivity index (χ0v) is 10.1. The lowest BCUT2D eigenvalue weighted by molar-refractivity contribution is -0.116. The molecule has 1 saturated carbocycles. The highest BCUT2D eigenvalue weighted by molar-refractivity contribution is 5.38. The Morgan fingerprint density at radius 3 is 2.78 bits per heavy atom. The third-order valence-corrected chi connectivity index (χ3v) is 3.91. The molecule has 0 radical (unpaired) electrons. The molecule has 0 atom stereocenters. The number of aliphatic hydroxyl groups is 1. The standard InChI is InChI=1S/C14H15FN2O/c15-13-4-1-10(6-16)11(5-13)7-17-8-14(18,9-17)12-2-3-12/h1,4-5,12,18H,2-3,7-9H2. The Labute approximate surface area is 105 Å². The number of benzene rings is 1. The van der Waals surface area contributed by atoms with Crippen LogP contribution in [0, 0.1) is 23.1 Å². The number of nitrogens with zero attached hydrogens (tertiary/aromatic N) is 2. The van der Waals surface area contributed by atoms with Crippen LogP contribution >= 0.6 is 0 Å². The molecule has 2 aliphatic rings. The van der Waals surface area contributed by atoms with Crippen molar-refractivity contribution in [2.75, 3.05) is 13.1 Å². The number of halogens is 1. The lowest BCUT2D eigenvalue weighted by Gasteiger charge is -2.47. The largest absolute Gasteiger partial charge is 0.387 e. The molecule has 0 unspecified atom stereocenters. The maximum absolute atomic E-state index is 13.2. The summed E-state index contributed by atoms with van der Waals surface area (Å²) in [6.07, 6.45) is 2.24. The van der Waals surface area contributed by atoms with Gasteiger partial charge in [-0.25, -0.2) is 4.39 Å². The average Bonchev–Trinajstić information content (AvgIpc) is 3.11. The van der Waals surface area contributed by atoms with E-state index in [9.17, 15) is 9.50 Å². The molecule has 4 heteroatoms. The van der Waals surface area contributed by atoms with Crippen LogP contribution in [-0.2, 0) is 6.54 Å². The molecular formula is C14H15FN2O. The second-order valence-corrected chi connectivity index (χ2v) is 5.44. The Morgan fingerprint density at radius 2 is 2.17 bits per heavy atom. The van der Waals surface area contributed by atoms with Gasteiger partial charge in [-0.2, -0.15) is 5.26 Å². The minimum Gasteiger partial charge on any atom is -0.387 e. The highest BCUT2D eigenvalue weighted by Gasteiger charge is 2.51. The highest BCUT2D eigenvalue weighted by Crippen LogP contribution is 2.44.